The lowest BCUT2D eigenvalue weighted by atomic mass is 10.1. The van der Waals surface area contributed by atoms with Gasteiger partial charge in [-0.25, -0.2) is 0 Å². The molecule has 1 aromatic carbocycles. The number of hydrogen-bond acceptors (Lipinski definition) is 2. The first kappa shape index (κ1) is 20.0. The van der Waals surface area contributed by atoms with E-state index >= 15 is 4.11 Å². The summed E-state index contributed by atoms with van der Waals surface area (Å²) in [6, 6.07) is 10.0. The molecule has 1 rings (SSSR count). The predicted molar refractivity (Wildman–Crippen MR) is 96.6 cm³/mol. The van der Waals surface area contributed by atoms with E-state index in [1.54, 1.807) is 0 Å². The molecule has 0 bridgehead atoms. The van der Waals surface area contributed by atoms with Crippen LogP contribution < -0.4 is 0 Å². The van der Waals surface area contributed by atoms with E-state index in [-0.39, 0.29) is 12.5 Å². The average molecular weight is 339 g/mol. The van der Waals surface area contributed by atoms with Gasteiger partial charge in [-0.05, 0) is 18.4 Å². The highest BCUT2D eigenvalue weighted by Gasteiger charge is 2.58. The zero-order chi connectivity index (χ0) is 17.7. The van der Waals surface area contributed by atoms with Gasteiger partial charge >= 0.3 is 8.65 Å². The number of rotatable bonds is 7. The van der Waals surface area contributed by atoms with Gasteiger partial charge in [0.25, 0.3) is 0 Å². The molecule has 1 aromatic rings. The minimum absolute atomic E-state index is 0.248. The molecular weight excluding hydrogens is 307 g/mol. The molecule has 2 nitrogen and oxygen atoms in total. The van der Waals surface area contributed by atoms with Gasteiger partial charge < -0.3 is 9.22 Å². The smallest absolute Gasteiger partial charge is 0.387 e. The third kappa shape index (κ3) is 5.25. The molecule has 0 heterocycles. The Labute approximate surface area is 141 Å². The summed E-state index contributed by atoms with van der Waals surface area (Å²) in [4.78, 5) is 11.0. The van der Waals surface area contributed by atoms with Gasteiger partial charge in [-0.15, -0.1) is 0 Å². The van der Waals surface area contributed by atoms with Crippen molar-refractivity contribution in [3.8, 4) is 0 Å². The van der Waals surface area contributed by atoms with E-state index in [0.717, 1.165) is 12.7 Å². The molecule has 130 valence electrons. The van der Waals surface area contributed by atoms with E-state index in [1.165, 1.54) is 5.56 Å². The number of carbonyl (C=O) groups is 1. The standard InChI is InChI=1S/C19H31FO2Si/c1-18(2,3)23(20,19(4,5)6)22-17(14-15-21)13-12-16-10-8-7-9-11-16/h7-11,15,17H,12-14H2,1-6H3. The highest BCUT2D eigenvalue weighted by Crippen LogP contribution is 2.53. The number of benzene rings is 1. The molecule has 1 atom stereocenters. The zero-order valence-corrected chi connectivity index (χ0v) is 16.4. The Kier molecular flexibility index (Phi) is 6.72. The third-order valence-corrected chi connectivity index (χ3v) is 8.73. The van der Waals surface area contributed by atoms with Crippen molar-refractivity contribution in [2.45, 2.75) is 77.0 Å². The summed E-state index contributed by atoms with van der Waals surface area (Å²) in [5, 5.41) is -1.09. The van der Waals surface area contributed by atoms with E-state index in [9.17, 15) is 4.79 Å². The lowest BCUT2D eigenvalue weighted by molar-refractivity contribution is -0.109. The monoisotopic (exact) mass is 338 g/mol. The van der Waals surface area contributed by atoms with Crippen molar-refractivity contribution in [3.05, 3.63) is 35.9 Å². The third-order valence-electron chi connectivity index (χ3n) is 4.22. The van der Waals surface area contributed by atoms with Crippen LogP contribution in [0.15, 0.2) is 30.3 Å². The maximum atomic E-state index is 15.9. The average Bonchev–Trinajstić information content (AvgIpc) is 2.43. The minimum Gasteiger partial charge on any atom is -0.387 e. The molecule has 0 saturated carbocycles. The summed E-state index contributed by atoms with van der Waals surface area (Å²) < 4.78 is 22.0. The van der Waals surface area contributed by atoms with Crippen molar-refractivity contribution >= 4 is 14.9 Å². The van der Waals surface area contributed by atoms with E-state index in [2.05, 4.69) is 0 Å². The highest BCUT2D eigenvalue weighted by atomic mass is 28.4. The van der Waals surface area contributed by atoms with Crippen LogP contribution in [0.25, 0.3) is 0 Å². The van der Waals surface area contributed by atoms with Gasteiger partial charge in [-0.3, -0.25) is 4.11 Å². The fourth-order valence-electron chi connectivity index (χ4n) is 3.01. The van der Waals surface area contributed by atoms with Crippen LogP contribution in [0.5, 0.6) is 0 Å². The highest BCUT2D eigenvalue weighted by molar-refractivity contribution is 6.72. The lowest BCUT2D eigenvalue weighted by Gasteiger charge is -2.45. The Morgan fingerprint density at radius 1 is 1.09 bits per heavy atom. The van der Waals surface area contributed by atoms with Gasteiger partial charge in [0.2, 0.25) is 0 Å². The van der Waals surface area contributed by atoms with E-state index in [0.29, 0.717) is 6.42 Å². The molecule has 0 amide bonds. The maximum absolute atomic E-state index is 15.9. The van der Waals surface area contributed by atoms with E-state index in [1.807, 2.05) is 71.9 Å². The molecule has 1 unspecified atom stereocenters. The van der Waals surface area contributed by atoms with Crippen molar-refractivity contribution < 1.29 is 13.3 Å². The van der Waals surface area contributed by atoms with Crippen molar-refractivity contribution in [2.24, 2.45) is 0 Å². The van der Waals surface area contributed by atoms with Crippen molar-refractivity contribution in [3.63, 3.8) is 0 Å². The fraction of sp³-hybridized carbons (Fsp3) is 0.632. The summed E-state index contributed by atoms with van der Waals surface area (Å²) >= 11 is 0. The second-order valence-electron chi connectivity index (χ2n) is 8.26. The topological polar surface area (TPSA) is 26.3 Å². The van der Waals surface area contributed by atoms with Crippen LogP contribution in [0, 0.1) is 0 Å². The number of aryl methyl sites for hydroxylation is 1. The number of hydrogen-bond donors (Lipinski definition) is 0. The van der Waals surface area contributed by atoms with Crippen LogP contribution in [0.1, 0.15) is 59.9 Å². The van der Waals surface area contributed by atoms with Gasteiger partial charge in [0.1, 0.15) is 6.29 Å². The summed E-state index contributed by atoms with van der Waals surface area (Å²) in [6.45, 7) is 11.4. The minimum atomic E-state index is -3.55. The first-order valence-corrected chi connectivity index (χ1v) is 10.1. The Morgan fingerprint density at radius 3 is 2.04 bits per heavy atom. The summed E-state index contributed by atoms with van der Waals surface area (Å²) in [6.07, 6.45) is 2.18. The van der Waals surface area contributed by atoms with Crippen LogP contribution in [0.3, 0.4) is 0 Å². The second kappa shape index (κ2) is 7.71. The Bertz CT molecular complexity index is 474. The number of carbonyl (C=O) groups excluding carboxylic acids is 1. The van der Waals surface area contributed by atoms with Gasteiger partial charge in [0, 0.05) is 16.5 Å². The molecule has 0 radical (unpaired) electrons. The predicted octanol–water partition coefficient (Wildman–Crippen LogP) is 5.61. The molecular formula is C19H31FO2Si. The molecule has 23 heavy (non-hydrogen) atoms. The first-order valence-electron chi connectivity index (χ1n) is 8.35. The normalized spacial score (nSPS) is 14.6. The van der Waals surface area contributed by atoms with Crippen LogP contribution in [0.2, 0.25) is 10.1 Å². The Morgan fingerprint density at radius 2 is 1.61 bits per heavy atom. The second-order valence-corrected chi connectivity index (χ2v) is 12.7. The Hall–Kier alpha value is -1.00. The van der Waals surface area contributed by atoms with Crippen molar-refractivity contribution in [2.75, 3.05) is 0 Å². The molecule has 0 fully saturated rings. The lowest BCUT2D eigenvalue weighted by Crippen LogP contribution is -2.53. The summed E-state index contributed by atoms with van der Waals surface area (Å²) in [5.41, 5.74) is 1.18. The molecule has 4 heteroatoms. The molecule has 0 N–H and O–H groups in total. The van der Waals surface area contributed by atoms with Gasteiger partial charge in [-0.2, -0.15) is 0 Å². The van der Waals surface area contributed by atoms with Crippen LogP contribution in [-0.2, 0) is 15.6 Å². The Balaban J connectivity index is 2.89. The van der Waals surface area contributed by atoms with Crippen LogP contribution >= 0.6 is 0 Å². The van der Waals surface area contributed by atoms with Gasteiger partial charge in [-0.1, -0.05) is 71.9 Å². The molecule has 0 saturated heterocycles. The van der Waals surface area contributed by atoms with Crippen molar-refractivity contribution in [1.29, 1.82) is 0 Å². The summed E-state index contributed by atoms with van der Waals surface area (Å²) in [7, 11) is -3.55. The zero-order valence-electron chi connectivity index (χ0n) is 15.4. The fourth-order valence-corrected chi connectivity index (χ4v) is 6.64. The quantitative estimate of drug-likeness (QED) is 0.367. The van der Waals surface area contributed by atoms with Crippen molar-refractivity contribution in [1.82, 2.24) is 0 Å². The number of halogens is 1. The number of aldehydes is 1. The molecule has 0 aliphatic rings. The van der Waals surface area contributed by atoms with Gasteiger partial charge in [0.05, 0.1) is 6.10 Å². The van der Waals surface area contributed by atoms with E-state index < -0.39 is 18.7 Å². The largest absolute Gasteiger partial charge is 0.394 e. The SMILES string of the molecule is CC(C)(C)[Si](F)(OC(CC=O)CCc1ccccc1)C(C)(C)C. The summed E-state index contributed by atoms with van der Waals surface area (Å²) in [5.74, 6) is 0. The first-order chi connectivity index (χ1) is 10.5. The maximum Gasteiger partial charge on any atom is 0.394 e. The van der Waals surface area contributed by atoms with Crippen LogP contribution in [-0.4, -0.2) is 21.0 Å². The molecule has 0 aromatic heterocycles. The molecule has 0 aliphatic carbocycles. The molecule has 0 aliphatic heterocycles. The van der Waals surface area contributed by atoms with Crippen LogP contribution in [0.4, 0.5) is 4.11 Å². The van der Waals surface area contributed by atoms with Gasteiger partial charge in [0.15, 0.2) is 0 Å². The molecule has 0 spiro atoms. The van der Waals surface area contributed by atoms with E-state index in [4.69, 9.17) is 4.43 Å².